The second-order valence-corrected chi connectivity index (χ2v) is 6.00. The Hall–Kier alpha value is -0.950. The smallest absolute Gasteiger partial charge is 0.306 e. The van der Waals surface area contributed by atoms with Crippen LogP contribution in [-0.4, -0.2) is 64.3 Å². The van der Waals surface area contributed by atoms with Crippen molar-refractivity contribution < 1.29 is 18.9 Å². The van der Waals surface area contributed by atoms with E-state index in [1.807, 2.05) is 0 Å². The molecule has 7 heteroatoms. The zero-order valence-corrected chi connectivity index (χ0v) is 11.4. The Morgan fingerprint density at radius 1 is 1.39 bits per heavy atom. The van der Waals surface area contributed by atoms with Gasteiger partial charge >= 0.3 is 5.97 Å². The number of carbonyl (C=O) groups excluding carboxylic acids is 1. The monoisotopic (exact) mass is 276 g/mol. The molecule has 1 atom stereocenters. The van der Waals surface area contributed by atoms with Crippen molar-refractivity contribution in [2.75, 3.05) is 38.2 Å². The highest BCUT2D eigenvalue weighted by molar-refractivity contribution is 7.84. The molecule has 0 saturated carbocycles. The van der Waals surface area contributed by atoms with Gasteiger partial charge in [-0.05, 0) is 12.8 Å². The van der Waals surface area contributed by atoms with E-state index in [9.17, 15) is 13.8 Å². The van der Waals surface area contributed by atoms with Gasteiger partial charge < -0.3 is 15.3 Å². The fourth-order valence-electron chi connectivity index (χ4n) is 1.90. The zero-order valence-electron chi connectivity index (χ0n) is 10.6. The summed E-state index contributed by atoms with van der Waals surface area (Å²) in [6.45, 7) is 1.81. The number of amides is 1. The number of nitrogens with zero attached hydrogens (tertiary/aromatic N) is 1. The van der Waals surface area contributed by atoms with Crippen molar-refractivity contribution in [1.82, 2.24) is 10.2 Å². The molecule has 1 aliphatic rings. The van der Waals surface area contributed by atoms with Crippen molar-refractivity contribution >= 4 is 22.7 Å². The highest BCUT2D eigenvalue weighted by Gasteiger charge is 2.26. The van der Waals surface area contributed by atoms with Gasteiger partial charge in [0.2, 0.25) is 5.91 Å². The summed E-state index contributed by atoms with van der Waals surface area (Å²) in [5.41, 5.74) is 0. The van der Waals surface area contributed by atoms with Crippen LogP contribution in [0, 0.1) is 5.92 Å². The average molecular weight is 276 g/mol. The second kappa shape index (κ2) is 7.48. The lowest BCUT2D eigenvalue weighted by Gasteiger charge is -2.30. The van der Waals surface area contributed by atoms with Gasteiger partial charge in [-0.2, -0.15) is 0 Å². The van der Waals surface area contributed by atoms with Crippen LogP contribution in [0.2, 0.25) is 0 Å². The molecule has 0 aromatic heterocycles. The van der Waals surface area contributed by atoms with E-state index < -0.39 is 16.8 Å². The summed E-state index contributed by atoms with van der Waals surface area (Å²) in [4.78, 5) is 24.2. The number of hydrogen-bond donors (Lipinski definition) is 2. The maximum absolute atomic E-state index is 11.8. The van der Waals surface area contributed by atoms with Crippen LogP contribution in [0.3, 0.4) is 0 Å². The minimum atomic E-state index is -0.848. The van der Waals surface area contributed by atoms with Gasteiger partial charge in [-0.3, -0.25) is 13.8 Å². The lowest BCUT2D eigenvalue weighted by molar-refractivity contribution is -0.145. The first-order valence-corrected chi connectivity index (χ1v) is 7.74. The Balaban J connectivity index is 2.20. The fraction of sp³-hybridized carbons (Fsp3) is 0.818. The van der Waals surface area contributed by atoms with Crippen LogP contribution >= 0.6 is 0 Å². The molecule has 1 amide bonds. The quantitative estimate of drug-likeness (QED) is 0.625. The van der Waals surface area contributed by atoms with Crippen molar-refractivity contribution in [1.29, 1.82) is 0 Å². The van der Waals surface area contributed by atoms with E-state index in [-0.39, 0.29) is 18.4 Å². The molecule has 1 aliphatic heterocycles. The van der Waals surface area contributed by atoms with Gasteiger partial charge in [0.25, 0.3) is 0 Å². The summed E-state index contributed by atoms with van der Waals surface area (Å²) in [7, 11) is -0.848. The van der Waals surface area contributed by atoms with Crippen molar-refractivity contribution in [2.24, 2.45) is 5.92 Å². The van der Waals surface area contributed by atoms with Gasteiger partial charge in [0, 0.05) is 42.4 Å². The number of carboxylic acids is 1. The Morgan fingerprint density at radius 2 is 2.00 bits per heavy atom. The van der Waals surface area contributed by atoms with Gasteiger partial charge in [-0.15, -0.1) is 0 Å². The molecule has 18 heavy (non-hydrogen) atoms. The molecule has 1 fully saturated rings. The molecule has 1 saturated heterocycles. The second-order valence-electron chi connectivity index (χ2n) is 4.45. The fourth-order valence-corrected chi connectivity index (χ4v) is 2.33. The summed E-state index contributed by atoms with van der Waals surface area (Å²) >= 11 is 0. The lowest BCUT2D eigenvalue weighted by atomic mass is 9.97. The third-order valence-corrected chi connectivity index (χ3v) is 3.82. The van der Waals surface area contributed by atoms with Crippen molar-refractivity contribution in [3.63, 3.8) is 0 Å². The molecule has 104 valence electrons. The van der Waals surface area contributed by atoms with E-state index in [1.165, 1.54) is 0 Å². The summed E-state index contributed by atoms with van der Waals surface area (Å²) < 4.78 is 10.8. The first-order chi connectivity index (χ1) is 8.50. The van der Waals surface area contributed by atoms with E-state index >= 15 is 0 Å². The lowest BCUT2D eigenvalue weighted by Crippen LogP contribution is -2.44. The van der Waals surface area contributed by atoms with Crippen molar-refractivity contribution in [2.45, 2.75) is 12.8 Å². The summed E-state index contributed by atoms with van der Waals surface area (Å²) in [6.07, 6.45) is 2.68. The van der Waals surface area contributed by atoms with Crippen LogP contribution in [-0.2, 0) is 20.4 Å². The van der Waals surface area contributed by atoms with Crippen LogP contribution in [0.1, 0.15) is 12.8 Å². The minimum absolute atomic E-state index is 0.0132. The molecule has 1 rings (SSSR count). The van der Waals surface area contributed by atoms with Crippen LogP contribution in [0.15, 0.2) is 0 Å². The molecular weight excluding hydrogens is 256 g/mol. The minimum Gasteiger partial charge on any atom is -0.481 e. The molecular formula is C11H20N2O4S. The molecule has 2 N–H and O–H groups in total. The van der Waals surface area contributed by atoms with Gasteiger partial charge in [-0.1, -0.05) is 0 Å². The predicted molar refractivity (Wildman–Crippen MR) is 68.7 cm³/mol. The highest BCUT2D eigenvalue weighted by Crippen LogP contribution is 2.16. The third-order valence-electron chi connectivity index (χ3n) is 3.04. The largest absolute Gasteiger partial charge is 0.481 e. The molecule has 0 spiro atoms. The Morgan fingerprint density at radius 3 is 2.50 bits per heavy atom. The van der Waals surface area contributed by atoms with Crippen LogP contribution in [0.4, 0.5) is 0 Å². The van der Waals surface area contributed by atoms with Gasteiger partial charge in [0.1, 0.15) is 0 Å². The SMILES string of the molecule is CS(=O)CCNCC(=O)N1CCC(C(=O)O)CC1. The Kier molecular flexibility index (Phi) is 6.28. The van der Waals surface area contributed by atoms with E-state index in [0.717, 1.165) is 0 Å². The summed E-state index contributed by atoms with van der Waals surface area (Å²) in [6, 6.07) is 0. The van der Waals surface area contributed by atoms with E-state index in [2.05, 4.69) is 5.32 Å². The normalized spacial score (nSPS) is 18.6. The maximum atomic E-state index is 11.8. The zero-order chi connectivity index (χ0) is 13.5. The van der Waals surface area contributed by atoms with Gasteiger partial charge in [-0.25, -0.2) is 0 Å². The van der Waals surface area contributed by atoms with Gasteiger partial charge in [0.15, 0.2) is 0 Å². The van der Waals surface area contributed by atoms with E-state index in [4.69, 9.17) is 5.11 Å². The molecule has 0 aromatic rings. The topological polar surface area (TPSA) is 86.7 Å². The molecule has 1 heterocycles. The Labute approximate surface area is 109 Å². The number of carboxylic acid groups (broad SMARTS) is 1. The summed E-state index contributed by atoms with van der Waals surface area (Å²) in [5.74, 6) is -0.565. The van der Waals surface area contributed by atoms with E-state index in [1.54, 1.807) is 11.2 Å². The molecule has 0 aliphatic carbocycles. The van der Waals surface area contributed by atoms with Crippen LogP contribution in [0.5, 0.6) is 0 Å². The first kappa shape index (κ1) is 15.1. The highest BCUT2D eigenvalue weighted by atomic mass is 32.2. The number of rotatable bonds is 6. The van der Waals surface area contributed by atoms with E-state index in [0.29, 0.717) is 38.2 Å². The third kappa shape index (κ3) is 5.14. The number of likely N-dealkylation sites (tertiary alicyclic amines) is 1. The van der Waals surface area contributed by atoms with Crippen molar-refractivity contribution in [3.8, 4) is 0 Å². The predicted octanol–water partition coefficient (Wildman–Crippen LogP) is -0.722. The van der Waals surface area contributed by atoms with Crippen LogP contribution in [0.25, 0.3) is 0 Å². The average Bonchev–Trinajstić information content (AvgIpc) is 2.34. The molecule has 0 radical (unpaired) electrons. The maximum Gasteiger partial charge on any atom is 0.306 e. The molecule has 0 bridgehead atoms. The molecule has 0 aromatic carbocycles. The molecule has 6 nitrogen and oxygen atoms in total. The molecule has 1 unspecified atom stereocenters. The number of carbonyl (C=O) groups is 2. The number of aliphatic carboxylic acids is 1. The Bertz CT molecular complexity index is 327. The van der Waals surface area contributed by atoms with Gasteiger partial charge in [0.05, 0.1) is 12.5 Å². The summed E-state index contributed by atoms with van der Waals surface area (Å²) in [5, 5.41) is 11.8. The number of hydrogen-bond acceptors (Lipinski definition) is 4. The first-order valence-electron chi connectivity index (χ1n) is 6.02. The number of nitrogens with one attached hydrogen (secondary N) is 1. The van der Waals surface area contributed by atoms with Crippen molar-refractivity contribution in [3.05, 3.63) is 0 Å². The standard InChI is InChI=1S/C11H20N2O4S/c1-18(17)7-4-12-8-10(14)13-5-2-9(3-6-13)11(15)16/h9,12H,2-8H2,1H3,(H,15,16). The van der Waals surface area contributed by atoms with Crippen LogP contribution < -0.4 is 5.32 Å². The number of piperidine rings is 1.